The fourth-order valence-electron chi connectivity index (χ4n) is 4.62. The van der Waals surface area contributed by atoms with Crippen LogP contribution in [0.15, 0.2) is 72.8 Å². The molecule has 0 radical (unpaired) electrons. The zero-order chi connectivity index (χ0) is 21.3. The molecule has 1 amide bonds. The first kappa shape index (κ1) is 20.4. The van der Waals surface area contributed by atoms with Crippen molar-refractivity contribution in [2.45, 2.75) is 51.3 Å². The van der Waals surface area contributed by atoms with Crippen LogP contribution in [0.3, 0.4) is 0 Å². The Morgan fingerprint density at radius 2 is 1.27 bits per heavy atom. The van der Waals surface area contributed by atoms with Crippen molar-refractivity contribution in [3.05, 3.63) is 83.9 Å². The van der Waals surface area contributed by atoms with Crippen LogP contribution in [0.4, 0.5) is 4.79 Å². The number of carbonyl (C=O) groups excluding carboxylic acids is 2. The van der Waals surface area contributed by atoms with E-state index in [1.807, 2.05) is 93.6 Å². The lowest BCUT2D eigenvalue weighted by atomic mass is 9.75. The van der Waals surface area contributed by atoms with Gasteiger partial charge in [0.25, 0.3) is 0 Å². The Balaban J connectivity index is 1.67. The lowest BCUT2D eigenvalue weighted by molar-refractivity contribution is -0.134. The zero-order valence-electron chi connectivity index (χ0n) is 17.8. The van der Waals surface area contributed by atoms with Crippen molar-refractivity contribution in [3.63, 3.8) is 0 Å². The number of rotatable bonds is 4. The molecular weight excluding hydrogens is 374 g/mol. The molecular formula is C26H29NO3. The number of amides is 1. The molecule has 30 heavy (non-hydrogen) atoms. The summed E-state index contributed by atoms with van der Waals surface area (Å²) in [4.78, 5) is 28.6. The van der Waals surface area contributed by atoms with Gasteiger partial charge in [0.2, 0.25) is 0 Å². The quantitative estimate of drug-likeness (QED) is 0.687. The second kappa shape index (κ2) is 8.10. The Morgan fingerprint density at radius 3 is 1.67 bits per heavy atom. The molecule has 0 spiro atoms. The van der Waals surface area contributed by atoms with Crippen molar-refractivity contribution >= 4 is 11.9 Å². The molecule has 0 saturated carbocycles. The molecule has 2 heterocycles. The van der Waals surface area contributed by atoms with Gasteiger partial charge < -0.3 is 4.74 Å². The lowest BCUT2D eigenvalue weighted by Crippen LogP contribution is -2.59. The molecule has 4 heteroatoms. The molecule has 4 rings (SSSR count). The Labute approximate surface area is 178 Å². The number of piperidine rings is 1. The van der Waals surface area contributed by atoms with Gasteiger partial charge in [-0.05, 0) is 44.7 Å². The van der Waals surface area contributed by atoms with Gasteiger partial charge in [0.15, 0.2) is 0 Å². The van der Waals surface area contributed by atoms with Gasteiger partial charge in [0.05, 0.1) is 12.1 Å². The second-order valence-electron chi connectivity index (χ2n) is 9.25. The minimum atomic E-state index is -0.582. The highest BCUT2D eigenvalue weighted by Gasteiger charge is 2.52. The first-order valence-electron chi connectivity index (χ1n) is 10.6. The predicted octanol–water partition coefficient (Wildman–Crippen LogP) is 4.83. The molecule has 2 aromatic rings. The molecule has 2 bridgehead atoms. The molecule has 0 aliphatic carbocycles. The van der Waals surface area contributed by atoms with E-state index in [0.717, 1.165) is 11.1 Å². The van der Waals surface area contributed by atoms with Crippen LogP contribution in [0.5, 0.6) is 0 Å². The van der Waals surface area contributed by atoms with Crippen molar-refractivity contribution in [1.29, 1.82) is 0 Å². The average Bonchev–Trinajstić information content (AvgIpc) is 3.09. The molecule has 1 saturated heterocycles. The van der Waals surface area contributed by atoms with Crippen LogP contribution in [-0.4, -0.2) is 34.5 Å². The Morgan fingerprint density at radius 1 is 0.833 bits per heavy atom. The monoisotopic (exact) mass is 403 g/mol. The third-order valence-electron chi connectivity index (χ3n) is 5.90. The number of hydrogen-bond donors (Lipinski definition) is 0. The summed E-state index contributed by atoms with van der Waals surface area (Å²) in [7, 11) is 0. The second-order valence-corrected chi connectivity index (χ2v) is 9.25. The number of ether oxygens (including phenoxy) is 1. The van der Waals surface area contributed by atoms with E-state index in [1.165, 1.54) is 0 Å². The maximum Gasteiger partial charge on any atom is 0.411 e. The van der Waals surface area contributed by atoms with E-state index < -0.39 is 5.60 Å². The van der Waals surface area contributed by atoms with E-state index in [9.17, 15) is 9.59 Å². The summed E-state index contributed by atoms with van der Waals surface area (Å²) in [6, 6.07) is 19.6. The molecule has 2 aromatic carbocycles. The largest absolute Gasteiger partial charge is 0.444 e. The zero-order valence-corrected chi connectivity index (χ0v) is 17.8. The summed E-state index contributed by atoms with van der Waals surface area (Å²) >= 11 is 0. The fraction of sp³-hybridized carbons (Fsp3) is 0.385. The van der Waals surface area contributed by atoms with Crippen molar-refractivity contribution in [1.82, 2.24) is 4.90 Å². The molecule has 156 valence electrons. The number of fused-ring (bicyclic) bond motifs is 2. The van der Waals surface area contributed by atoms with Crippen LogP contribution in [0, 0.1) is 11.8 Å². The number of benzene rings is 2. The van der Waals surface area contributed by atoms with E-state index in [0.29, 0.717) is 12.8 Å². The van der Waals surface area contributed by atoms with Crippen LogP contribution in [0.25, 0.3) is 0 Å². The van der Waals surface area contributed by atoms with Crippen LogP contribution in [-0.2, 0) is 22.4 Å². The van der Waals surface area contributed by atoms with Gasteiger partial charge in [-0.25, -0.2) is 4.79 Å². The molecule has 2 aliphatic heterocycles. The molecule has 0 N–H and O–H groups in total. The van der Waals surface area contributed by atoms with Crippen LogP contribution in [0.2, 0.25) is 0 Å². The maximum absolute atomic E-state index is 13.6. The first-order valence-corrected chi connectivity index (χ1v) is 10.6. The van der Waals surface area contributed by atoms with Gasteiger partial charge in [0.1, 0.15) is 11.4 Å². The summed E-state index contributed by atoms with van der Waals surface area (Å²) in [6.45, 7) is 5.62. The topological polar surface area (TPSA) is 46.6 Å². The third-order valence-corrected chi connectivity index (χ3v) is 5.90. The van der Waals surface area contributed by atoms with Crippen molar-refractivity contribution in [3.8, 4) is 0 Å². The number of ketones is 1. The summed E-state index contributed by atoms with van der Waals surface area (Å²) in [5.41, 5.74) is 1.64. The van der Waals surface area contributed by atoms with Gasteiger partial charge in [-0.15, -0.1) is 0 Å². The fourth-order valence-corrected chi connectivity index (χ4v) is 4.62. The highest BCUT2D eigenvalue weighted by atomic mass is 16.6. The normalized spacial score (nSPS) is 25.4. The van der Waals surface area contributed by atoms with Gasteiger partial charge in [-0.3, -0.25) is 9.69 Å². The molecule has 4 atom stereocenters. The SMILES string of the molecule is CC(C)(C)OC(=O)N1[C@@H]2C=C[C@H]1[C@@H](Cc1ccccc1)C(=O)[C@H]2Cc1ccccc1. The maximum atomic E-state index is 13.6. The number of carbonyl (C=O) groups is 2. The van der Waals surface area contributed by atoms with E-state index in [2.05, 4.69) is 0 Å². The summed E-state index contributed by atoms with van der Waals surface area (Å²) < 4.78 is 5.73. The molecule has 2 aliphatic rings. The lowest BCUT2D eigenvalue weighted by Gasteiger charge is -2.44. The minimum absolute atomic E-state index is 0.238. The summed E-state index contributed by atoms with van der Waals surface area (Å²) in [6.07, 6.45) is 4.96. The molecule has 0 aromatic heterocycles. The van der Waals surface area contributed by atoms with E-state index >= 15 is 0 Å². The van der Waals surface area contributed by atoms with E-state index in [1.54, 1.807) is 4.90 Å². The minimum Gasteiger partial charge on any atom is -0.444 e. The molecule has 4 nitrogen and oxygen atoms in total. The highest BCUT2D eigenvalue weighted by molar-refractivity contribution is 5.90. The number of hydrogen-bond acceptors (Lipinski definition) is 3. The predicted molar refractivity (Wildman–Crippen MR) is 117 cm³/mol. The number of Topliss-reactive ketones (excluding diaryl/α,β-unsaturated/α-hetero) is 1. The Kier molecular flexibility index (Phi) is 5.50. The van der Waals surface area contributed by atoms with Crippen LogP contribution in [0.1, 0.15) is 31.9 Å². The Hall–Kier alpha value is -2.88. The molecule has 0 unspecified atom stereocenters. The standard InChI is InChI=1S/C26H29NO3/c1-26(2,3)30-25(29)27-22-14-15-23(27)21(17-19-12-8-5-9-13-19)24(28)20(22)16-18-10-6-4-7-11-18/h4-15,20-23H,16-17H2,1-3H3/t20-,21+,22+,23-. The van der Waals surface area contributed by atoms with Gasteiger partial charge in [-0.1, -0.05) is 72.8 Å². The van der Waals surface area contributed by atoms with Crippen molar-refractivity contribution in [2.24, 2.45) is 11.8 Å². The van der Waals surface area contributed by atoms with Gasteiger partial charge in [-0.2, -0.15) is 0 Å². The Bertz CT molecular complexity index is 868. The van der Waals surface area contributed by atoms with Gasteiger partial charge in [0, 0.05) is 11.8 Å². The van der Waals surface area contributed by atoms with E-state index in [4.69, 9.17) is 4.74 Å². The van der Waals surface area contributed by atoms with Crippen LogP contribution >= 0.6 is 0 Å². The smallest absolute Gasteiger partial charge is 0.411 e. The molecule has 1 fully saturated rings. The summed E-state index contributed by atoms with van der Waals surface area (Å²) in [5.74, 6) is -0.310. The average molecular weight is 404 g/mol. The van der Waals surface area contributed by atoms with E-state index in [-0.39, 0.29) is 35.8 Å². The first-order chi connectivity index (χ1) is 14.3. The van der Waals surface area contributed by atoms with Crippen LogP contribution < -0.4 is 0 Å². The van der Waals surface area contributed by atoms with Crippen molar-refractivity contribution < 1.29 is 14.3 Å². The van der Waals surface area contributed by atoms with Crippen molar-refractivity contribution in [2.75, 3.05) is 0 Å². The summed E-state index contributed by atoms with van der Waals surface area (Å²) in [5, 5.41) is 0. The van der Waals surface area contributed by atoms with Gasteiger partial charge >= 0.3 is 6.09 Å². The third kappa shape index (κ3) is 4.18. The highest BCUT2D eigenvalue weighted by Crippen LogP contribution is 2.40. The number of nitrogens with zero attached hydrogens (tertiary/aromatic N) is 1.